The molecule has 1 heterocycles. The van der Waals surface area contributed by atoms with Gasteiger partial charge in [0.25, 0.3) is 0 Å². The molecule has 0 aliphatic carbocycles. The first-order valence-electron chi connectivity index (χ1n) is 13.3. The molecule has 2 atom stereocenters. The summed E-state index contributed by atoms with van der Waals surface area (Å²) in [6.07, 6.45) is 29.9. The second-order valence-corrected chi connectivity index (χ2v) is 9.52. The van der Waals surface area contributed by atoms with Gasteiger partial charge in [-0.2, -0.15) is 0 Å². The van der Waals surface area contributed by atoms with Gasteiger partial charge in [0, 0.05) is 6.42 Å². The Labute approximate surface area is 192 Å². The summed E-state index contributed by atoms with van der Waals surface area (Å²) in [5, 5.41) is 10.4. The van der Waals surface area contributed by atoms with Crippen molar-refractivity contribution in [3.63, 3.8) is 0 Å². The molecule has 0 unspecified atom stereocenters. The van der Waals surface area contributed by atoms with Gasteiger partial charge in [-0.3, -0.25) is 4.79 Å². The molecule has 0 aromatic carbocycles. The van der Waals surface area contributed by atoms with E-state index in [-0.39, 0.29) is 17.7 Å². The van der Waals surface area contributed by atoms with E-state index in [2.05, 4.69) is 38.2 Å². The van der Waals surface area contributed by atoms with E-state index in [4.69, 9.17) is 4.74 Å². The molecule has 1 rings (SSSR count). The van der Waals surface area contributed by atoms with Crippen LogP contribution in [0.4, 0.5) is 0 Å². The highest BCUT2D eigenvalue weighted by molar-refractivity contribution is 5.76. The molecule has 1 aliphatic heterocycles. The molecule has 3 heteroatoms. The molecule has 1 fully saturated rings. The molecule has 1 saturated heterocycles. The van der Waals surface area contributed by atoms with Gasteiger partial charge in [-0.15, -0.1) is 0 Å². The van der Waals surface area contributed by atoms with Crippen molar-refractivity contribution < 1.29 is 14.6 Å². The van der Waals surface area contributed by atoms with Crippen molar-refractivity contribution in [3.05, 3.63) is 24.3 Å². The molecule has 0 spiro atoms. The minimum absolute atomic E-state index is 0.0975. The van der Waals surface area contributed by atoms with E-state index >= 15 is 0 Å². The fraction of sp³-hybridized carbons (Fsp3) is 0.821. The number of aliphatic hydroxyl groups is 1. The second kappa shape index (κ2) is 18.5. The van der Waals surface area contributed by atoms with Crippen LogP contribution in [-0.4, -0.2) is 22.8 Å². The van der Waals surface area contributed by atoms with Gasteiger partial charge in [0.05, 0.1) is 12.5 Å². The number of ether oxygens (including phenoxy) is 1. The Balaban J connectivity index is 1.98. The molecule has 1 N–H and O–H groups in total. The van der Waals surface area contributed by atoms with Gasteiger partial charge in [0.2, 0.25) is 0 Å². The predicted octanol–water partition coefficient (Wildman–Crippen LogP) is 8.21. The number of esters is 1. The van der Waals surface area contributed by atoms with Crippen LogP contribution in [0.2, 0.25) is 0 Å². The van der Waals surface area contributed by atoms with Crippen molar-refractivity contribution >= 4 is 5.97 Å². The highest BCUT2D eigenvalue weighted by Gasteiger charge is 2.46. The normalized spacial score (nSPS) is 19.8. The number of cyclic esters (lactones) is 1. The fourth-order valence-corrected chi connectivity index (χ4v) is 4.45. The van der Waals surface area contributed by atoms with Crippen LogP contribution in [-0.2, 0) is 9.53 Å². The van der Waals surface area contributed by atoms with Gasteiger partial charge >= 0.3 is 5.97 Å². The molecule has 0 saturated carbocycles. The van der Waals surface area contributed by atoms with Crippen LogP contribution in [0.5, 0.6) is 0 Å². The molecule has 31 heavy (non-hydrogen) atoms. The summed E-state index contributed by atoms with van der Waals surface area (Å²) >= 11 is 0. The van der Waals surface area contributed by atoms with Crippen LogP contribution in [0.25, 0.3) is 0 Å². The van der Waals surface area contributed by atoms with Gasteiger partial charge < -0.3 is 9.84 Å². The van der Waals surface area contributed by atoms with Crippen LogP contribution in [0.1, 0.15) is 136 Å². The van der Waals surface area contributed by atoms with E-state index in [1.807, 2.05) is 0 Å². The molecular formula is C28H50O3. The monoisotopic (exact) mass is 434 g/mol. The lowest BCUT2D eigenvalue weighted by Crippen LogP contribution is -2.49. The number of hydrogen-bond donors (Lipinski definition) is 1. The van der Waals surface area contributed by atoms with Crippen LogP contribution in [0, 0.1) is 0 Å². The number of rotatable bonds is 21. The van der Waals surface area contributed by atoms with Gasteiger partial charge in [-0.05, 0) is 51.4 Å². The number of hydrogen-bond acceptors (Lipinski definition) is 3. The molecular weight excluding hydrogens is 384 g/mol. The summed E-state index contributed by atoms with van der Waals surface area (Å²) in [5.74, 6) is -0.0975. The Morgan fingerprint density at radius 2 is 1.39 bits per heavy atom. The second-order valence-electron chi connectivity index (χ2n) is 9.52. The van der Waals surface area contributed by atoms with E-state index in [9.17, 15) is 9.90 Å². The zero-order valence-electron chi connectivity index (χ0n) is 20.6. The van der Waals surface area contributed by atoms with Gasteiger partial charge in [0.15, 0.2) is 0 Å². The standard InChI is InChI=1S/C28H50O3/c1-3-5-7-9-10-11-12-13-14-15-16-17-18-19-20-22-26(29)24-28(25-27(30)31-28)23-21-8-6-4-2/h10-11,13-14,26,29H,3-9,12,15-25H2,1-2H3/b11-10-,14-13-/t26-,28-/m0/s1. The number of carbonyl (C=O) groups excluding carboxylic acids is 1. The molecule has 180 valence electrons. The Morgan fingerprint density at radius 3 is 2.03 bits per heavy atom. The van der Waals surface area contributed by atoms with Crippen molar-refractivity contribution in [3.8, 4) is 0 Å². The summed E-state index contributed by atoms with van der Waals surface area (Å²) in [6, 6.07) is 0. The number of unbranched alkanes of at least 4 members (excludes halogenated alkanes) is 11. The summed E-state index contributed by atoms with van der Waals surface area (Å²) in [4.78, 5) is 11.4. The Morgan fingerprint density at radius 1 is 0.839 bits per heavy atom. The van der Waals surface area contributed by atoms with Gasteiger partial charge in [-0.25, -0.2) is 0 Å². The average Bonchev–Trinajstić information content (AvgIpc) is 2.73. The number of allylic oxidation sites excluding steroid dienone is 4. The van der Waals surface area contributed by atoms with Crippen LogP contribution in [0.3, 0.4) is 0 Å². The quantitative estimate of drug-likeness (QED) is 0.112. The lowest BCUT2D eigenvalue weighted by Gasteiger charge is -2.42. The van der Waals surface area contributed by atoms with E-state index in [1.54, 1.807) is 0 Å². The third kappa shape index (κ3) is 14.6. The molecule has 0 radical (unpaired) electrons. The molecule has 0 aromatic rings. The molecule has 0 aromatic heterocycles. The third-order valence-corrected chi connectivity index (χ3v) is 6.38. The Kier molecular flexibility index (Phi) is 16.7. The molecule has 3 nitrogen and oxygen atoms in total. The third-order valence-electron chi connectivity index (χ3n) is 6.38. The van der Waals surface area contributed by atoms with Gasteiger partial charge in [0.1, 0.15) is 5.60 Å². The minimum Gasteiger partial charge on any atom is -0.458 e. The SMILES string of the molecule is CCCCC/C=C\C/C=C\CCCCCCC[C@H](O)C[C@@]1(CCCCCC)CC(=O)O1. The van der Waals surface area contributed by atoms with Crippen LogP contribution < -0.4 is 0 Å². The maximum absolute atomic E-state index is 11.4. The molecule has 0 amide bonds. The maximum Gasteiger partial charge on any atom is 0.310 e. The predicted molar refractivity (Wildman–Crippen MR) is 132 cm³/mol. The number of aliphatic hydroxyl groups excluding tert-OH is 1. The van der Waals surface area contributed by atoms with Crippen molar-refractivity contribution in [2.75, 3.05) is 0 Å². The topological polar surface area (TPSA) is 46.5 Å². The Bertz CT molecular complexity index is 486. The van der Waals surface area contributed by atoms with Crippen molar-refractivity contribution in [1.29, 1.82) is 0 Å². The smallest absolute Gasteiger partial charge is 0.310 e. The largest absolute Gasteiger partial charge is 0.458 e. The highest BCUT2D eigenvalue weighted by atomic mass is 16.6. The molecule has 1 aliphatic rings. The number of carbonyl (C=O) groups is 1. The Hall–Kier alpha value is -1.09. The van der Waals surface area contributed by atoms with Crippen molar-refractivity contribution in [2.45, 2.75) is 148 Å². The zero-order chi connectivity index (χ0) is 22.6. The fourth-order valence-electron chi connectivity index (χ4n) is 4.45. The van der Waals surface area contributed by atoms with Gasteiger partial charge in [-0.1, -0.05) is 95.9 Å². The van der Waals surface area contributed by atoms with Crippen LogP contribution in [0.15, 0.2) is 24.3 Å². The van der Waals surface area contributed by atoms with E-state index in [0.29, 0.717) is 12.8 Å². The summed E-state index contributed by atoms with van der Waals surface area (Å²) in [6.45, 7) is 4.45. The molecule has 0 bridgehead atoms. The van der Waals surface area contributed by atoms with E-state index in [1.165, 1.54) is 77.0 Å². The lowest BCUT2D eigenvalue weighted by atomic mass is 9.82. The lowest BCUT2D eigenvalue weighted by molar-refractivity contribution is -0.198. The first-order chi connectivity index (χ1) is 15.1. The zero-order valence-corrected chi connectivity index (χ0v) is 20.6. The summed E-state index contributed by atoms with van der Waals surface area (Å²) in [7, 11) is 0. The van der Waals surface area contributed by atoms with Crippen molar-refractivity contribution in [1.82, 2.24) is 0 Å². The average molecular weight is 435 g/mol. The first kappa shape index (κ1) is 27.9. The summed E-state index contributed by atoms with van der Waals surface area (Å²) < 4.78 is 5.50. The van der Waals surface area contributed by atoms with Crippen LogP contribution >= 0.6 is 0 Å². The van der Waals surface area contributed by atoms with Crippen molar-refractivity contribution in [2.24, 2.45) is 0 Å². The van der Waals surface area contributed by atoms with E-state index < -0.39 is 0 Å². The minimum atomic E-state index is -0.360. The first-order valence-corrected chi connectivity index (χ1v) is 13.3. The summed E-state index contributed by atoms with van der Waals surface area (Å²) in [5.41, 5.74) is -0.360. The highest BCUT2D eigenvalue weighted by Crippen LogP contribution is 2.38. The van der Waals surface area contributed by atoms with E-state index in [0.717, 1.165) is 32.1 Å². The maximum atomic E-state index is 11.4.